The Morgan fingerprint density at radius 2 is 1.80 bits per heavy atom. The highest BCUT2D eigenvalue weighted by atomic mass is 19.3. The Labute approximate surface area is 174 Å². The lowest BCUT2D eigenvalue weighted by Crippen LogP contribution is -2.48. The van der Waals surface area contributed by atoms with Crippen LogP contribution in [0.5, 0.6) is 0 Å². The predicted molar refractivity (Wildman–Crippen MR) is 107 cm³/mol. The van der Waals surface area contributed by atoms with E-state index >= 15 is 0 Å². The Kier molecular flexibility index (Phi) is 4.98. The summed E-state index contributed by atoms with van der Waals surface area (Å²) in [6, 6.07) is -0.156. The second kappa shape index (κ2) is 7.54. The molecule has 0 aromatic carbocycles. The molecule has 2 atom stereocenters. The number of hydrogen-bond donors (Lipinski definition) is 0. The van der Waals surface area contributed by atoms with E-state index in [0.717, 1.165) is 44.5 Å². The average Bonchev–Trinajstić information content (AvgIpc) is 3.12. The number of halogens is 2. The summed E-state index contributed by atoms with van der Waals surface area (Å²) in [5.74, 6) is -2.00. The zero-order valence-electron chi connectivity index (χ0n) is 17.2. The zero-order chi connectivity index (χ0) is 20.9. The third-order valence-corrected chi connectivity index (χ3v) is 7.38. The predicted octanol–water partition coefficient (Wildman–Crippen LogP) is 4.33. The molecule has 1 amide bonds. The Hall–Kier alpha value is -2.12. The van der Waals surface area contributed by atoms with Crippen molar-refractivity contribution in [3.05, 3.63) is 11.8 Å². The molecule has 30 heavy (non-hydrogen) atoms. The molecule has 4 aliphatic rings. The molecule has 162 valence electrons. The molecule has 3 heterocycles. The van der Waals surface area contributed by atoms with Gasteiger partial charge in [-0.1, -0.05) is 0 Å². The molecular weight excluding hydrogens is 390 g/mol. The summed E-state index contributed by atoms with van der Waals surface area (Å²) >= 11 is 0. The number of rotatable bonds is 3. The molecule has 3 fully saturated rings. The van der Waals surface area contributed by atoms with Crippen LogP contribution >= 0.6 is 0 Å². The van der Waals surface area contributed by atoms with Crippen molar-refractivity contribution in [1.82, 2.24) is 14.7 Å². The van der Waals surface area contributed by atoms with Crippen LogP contribution in [0.3, 0.4) is 0 Å². The topological polar surface area (TPSA) is 67.6 Å². The Balaban J connectivity index is 1.36. The minimum absolute atomic E-state index is 0.00978. The summed E-state index contributed by atoms with van der Waals surface area (Å²) < 4.78 is 28.8. The fraction of sp³-hybridized carbons (Fsp3) is 0.727. The first-order valence-corrected chi connectivity index (χ1v) is 11.3. The summed E-state index contributed by atoms with van der Waals surface area (Å²) in [6.07, 6.45) is 7.12. The van der Waals surface area contributed by atoms with Gasteiger partial charge in [0, 0.05) is 43.5 Å². The van der Waals surface area contributed by atoms with Gasteiger partial charge in [0.25, 0.3) is 0 Å². The van der Waals surface area contributed by atoms with Crippen molar-refractivity contribution >= 4 is 23.2 Å². The van der Waals surface area contributed by atoms with Gasteiger partial charge in [0.15, 0.2) is 11.6 Å². The molecule has 1 aromatic rings. The van der Waals surface area contributed by atoms with E-state index in [0.29, 0.717) is 24.2 Å². The molecule has 6 nitrogen and oxygen atoms in total. The van der Waals surface area contributed by atoms with Crippen molar-refractivity contribution < 1.29 is 18.4 Å². The van der Waals surface area contributed by atoms with Gasteiger partial charge in [-0.3, -0.25) is 9.59 Å². The van der Waals surface area contributed by atoms with Gasteiger partial charge in [-0.25, -0.2) is 18.5 Å². The van der Waals surface area contributed by atoms with Crippen molar-refractivity contribution in [2.24, 2.45) is 16.8 Å². The van der Waals surface area contributed by atoms with Crippen molar-refractivity contribution in [3.63, 3.8) is 0 Å². The van der Waals surface area contributed by atoms with Crippen molar-refractivity contribution in [2.45, 2.75) is 76.2 Å². The molecule has 5 rings (SSSR count). The first-order chi connectivity index (χ1) is 14.4. The fourth-order valence-corrected chi connectivity index (χ4v) is 5.39. The summed E-state index contributed by atoms with van der Waals surface area (Å²) in [5.41, 5.74) is 1.26. The maximum Gasteiger partial charge on any atom is 0.248 e. The number of likely N-dealkylation sites (tertiary alicyclic amines) is 1. The number of carbonyl (C=O) groups excluding carboxylic acids is 2. The highest BCUT2D eigenvalue weighted by Crippen LogP contribution is 2.44. The van der Waals surface area contributed by atoms with Crippen LogP contribution in [0.2, 0.25) is 0 Å². The van der Waals surface area contributed by atoms with E-state index in [2.05, 4.69) is 5.10 Å². The molecule has 1 saturated heterocycles. The molecule has 0 N–H and O–H groups in total. The maximum absolute atomic E-state index is 13.6. The number of carbonyl (C=O) groups is 2. The molecular formula is C22H28F2N4O2. The first-order valence-electron chi connectivity index (χ1n) is 11.3. The fourth-order valence-electron chi connectivity index (χ4n) is 5.39. The van der Waals surface area contributed by atoms with Gasteiger partial charge < -0.3 is 4.90 Å². The summed E-state index contributed by atoms with van der Waals surface area (Å²) in [4.78, 5) is 32.5. The van der Waals surface area contributed by atoms with E-state index in [-0.39, 0.29) is 48.8 Å². The molecule has 0 bridgehead atoms. The van der Waals surface area contributed by atoms with E-state index in [9.17, 15) is 18.4 Å². The zero-order valence-corrected chi connectivity index (χ0v) is 17.2. The number of fused-ring (bicyclic) bond motifs is 1. The SMILES string of the molecule is O=C1CC([C@H]2CC[C@@H]2C(=O)N2CCCCC2)=Nc2c1cnn2C1CCC(F)(F)CC1. The smallest absolute Gasteiger partial charge is 0.248 e. The lowest BCUT2D eigenvalue weighted by Gasteiger charge is -2.41. The van der Waals surface area contributed by atoms with E-state index in [1.165, 1.54) is 12.6 Å². The van der Waals surface area contributed by atoms with Crippen LogP contribution in [-0.2, 0) is 4.79 Å². The number of aliphatic imine (C=N–C) groups is 1. The Morgan fingerprint density at radius 3 is 2.47 bits per heavy atom. The number of ketones is 1. The van der Waals surface area contributed by atoms with Gasteiger partial charge in [-0.15, -0.1) is 0 Å². The minimum Gasteiger partial charge on any atom is -0.342 e. The van der Waals surface area contributed by atoms with Gasteiger partial charge >= 0.3 is 0 Å². The molecule has 0 unspecified atom stereocenters. The molecule has 0 radical (unpaired) electrons. The van der Waals surface area contributed by atoms with Gasteiger partial charge in [-0.05, 0) is 44.9 Å². The maximum atomic E-state index is 13.6. The van der Waals surface area contributed by atoms with E-state index in [1.54, 1.807) is 4.68 Å². The largest absolute Gasteiger partial charge is 0.342 e. The molecule has 0 spiro atoms. The number of piperidine rings is 1. The lowest BCUT2D eigenvalue weighted by atomic mass is 9.68. The van der Waals surface area contributed by atoms with Crippen molar-refractivity contribution in [2.75, 3.05) is 13.1 Å². The van der Waals surface area contributed by atoms with E-state index in [4.69, 9.17) is 4.99 Å². The van der Waals surface area contributed by atoms with Crippen LogP contribution in [0.1, 0.15) is 80.6 Å². The highest BCUT2D eigenvalue weighted by Gasteiger charge is 2.44. The number of aromatic nitrogens is 2. The molecule has 2 aliphatic heterocycles. The molecule has 8 heteroatoms. The Bertz CT molecular complexity index is 878. The van der Waals surface area contributed by atoms with Crippen LogP contribution in [0, 0.1) is 11.8 Å². The van der Waals surface area contributed by atoms with Crippen LogP contribution in [0.25, 0.3) is 0 Å². The number of Topliss-reactive ketones (excluding diaryl/α,β-unsaturated/α-hetero) is 1. The van der Waals surface area contributed by atoms with Gasteiger partial charge in [0.05, 0.1) is 24.2 Å². The second-order valence-corrected chi connectivity index (χ2v) is 9.29. The van der Waals surface area contributed by atoms with E-state index in [1.807, 2.05) is 4.90 Å². The van der Waals surface area contributed by atoms with Crippen LogP contribution in [0.4, 0.5) is 14.6 Å². The minimum atomic E-state index is -2.61. The lowest BCUT2D eigenvalue weighted by molar-refractivity contribution is -0.140. The number of alkyl halides is 2. The Morgan fingerprint density at radius 1 is 1.07 bits per heavy atom. The van der Waals surface area contributed by atoms with Crippen LogP contribution < -0.4 is 0 Å². The van der Waals surface area contributed by atoms with Crippen LogP contribution in [0.15, 0.2) is 11.2 Å². The highest BCUT2D eigenvalue weighted by molar-refractivity contribution is 6.16. The number of hydrogen-bond acceptors (Lipinski definition) is 4. The average molecular weight is 418 g/mol. The van der Waals surface area contributed by atoms with E-state index < -0.39 is 5.92 Å². The normalized spacial score (nSPS) is 29.2. The quantitative estimate of drug-likeness (QED) is 0.734. The molecule has 2 aliphatic carbocycles. The number of nitrogens with zero attached hydrogens (tertiary/aromatic N) is 4. The summed E-state index contributed by atoms with van der Waals surface area (Å²) in [7, 11) is 0. The van der Waals surface area contributed by atoms with Gasteiger partial charge in [0.2, 0.25) is 11.8 Å². The van der Waals surface area contributed by atoms with Crippen molar-refractivity contribution in [3.8, 4) is 0 Å². The summed E-state index contributed by atoms with van der Waals surface area (Å²) in [6.45, 7) is 1.66. The molecule has 1 aromatic heterocycles. The van der Waals surface area contributed by atoms with Crippen molar-refractivity contribution in [1.29, 1.82) is 0 Å². The first kappa shape index (κ1) is 19.8. The number of amides is 1. The summed E-state index contributed by atoms with van der Waals surface area (Å²) in [5, 5.41) is 4.35. The van der Waals surface area contributed by atoms with Gasteiger partial charge in [-0.2, -0.15) is 5.10 Å². The third-order valence-electron chi connectivity index (χ3n) is 7.38. The second-order valence-electron chi connectivity index (χ2n) is 9.29. The third kappa shape index (κ3) is 3.48. The van der Waals surface area contributed by atoms with Gasteiger partial charge in [0.1, 0.15) is 0 Å². The molecule has 2 saturated carbocycles. The van der Waals surface area contributed by atoms with Crippen LogP contribution in [-0.4, -0.2) is 51.1 Å². The standard InChI is InChI=1S/C22H28F2N4O2/c23-22(24)8-6-14(7-9-22)28-20-17(13-25-28)19(29)12-18(26-20)15-4-5-16(15)21(30)27-10-2-1-3-11-27/h13-16H,1-12H2/t15-,16-/m0/s1. The monoisotopic (exact) mass is 418 g/mol.